The Hall–Kier alpha value is -2.32. The van der Waals surface area contributed by atoms with E-state index in [4.69, 9.17) is 15.5 Å². The minimum Gasteiger partial charge on any atom is -0.393 e. The summed E-state index contributed by atoms with van der Waals surface area (Å²) in [5, 5.41) is 9.85. The number of morpholine rings is 1. The second kappa shape index (κ2) is 10.4. The summed E-state index contributed by atoms with van der Waals surface area (Å²) in [6.45, 7) is 8.64. The molecule has 7 nitrogen and oxygen atoms in total. The molecule has 3 heterocycles. The van der Waals surface area contributed by atoms with Crippen molar-refractivity contribution in [1.82, 2.24) is 14.8 Å². The Morgan fingerprint density at radius 3 is 2.51 bits per heavy atom. The van der Waals surface area contributed by atoms with Gasteiger partial charge in [-0.25, -0.2) is 0 Å². The van der Waals surface area contributed by atoms with Crippen LogP contribution in [0.1, 0.15) is 66.1 Å². The van der Waals surface area contributed by atoms with E-state index in [9.17, 15) is 9.90 Å². The number of nitrogens with zero attached hydrogens (tertiary/aromatic N) is 3. The fourth-order valence-corrected chi connectivity index (χ4v) is 7.05. The number of pyridine rings is 1. The maximum atomic E-state index is 12.3. The van der Waals surface area contributed by atoms with Gasteiger partial charge in [0.1, 0.15) is 0 Å². The van der Waals surface area contributed by atoms with E-state index in [-0.39, 0.29) is 12.0 Å². The van der Waals surface area contributed by atoms with E-state index >= 15 is 0 Å². The van der Waals surface area contributed by atoms with Gasteiger partial charge in [-0.2, -0.15) is 0 Å². The van der Waals surface area contributed by atoms with E-state index in [1.807, 2.05) is 12.3 Å². The maximum absolute atomic E-state index is 12.3. The lowest BCUT2D eigenvalue weighted by molar-refractivity contribution is 0.0362. The van der Waals surface area contributed by atoms with Crippen LogP contribution in [0.4, 0.5) is 0 Å². The van der Waals surface area contributed by atoms with Crippen LogP contribution in [0.25, 0.3) is 11.1 Å². The van der Waals surface area contributed by atoms with Crippen LogP contribution in [0.2, 0.25) is 0 Å². The van der Waals surface area contributed by atoms with Crippen LogP contribution in [0.3, 0.4) is 0 Å². The number of primary amides is 1. The Morgan fingerprint density at radius 1 is 1.05 bits per heavy atom. The number of likely N-dealkylation sites (tertiary alicyclic amines) is 1. The van der Waals surface area contributed by atoms with E-state index < -0.39 is 5.91 Å². The molecule has 1 aromatic carbocycles. The molecule has 0 spiro atoms. The van der Waals surface area contributed by atoms with Crippen molar-refractivity contribution in [3.8, 4) is 11.1 Å². The topological polar surface area (TPSA) is 91.9 Å². The molecule has 2 saturated heterocycles. The number of rotatable bonds is 8. The Balaban J connectivity index is 1.10. The van der Waals surface area contributed by atoms with Crippen LogP contribution in [-0.2, 0) is 10.2 Å². The number of hydrogen-bond donors (Lipinski definition) is 2. The van der Waals surface area contributed by atoms with Crippen LogP contribution in [0.15, 0.2) is 36.5 Å². The maximum Gasteiger partial charge on any atom is 0.250 e. The van der Waals surface area contributed by atoms with Crippen LogP contribution in [0.5, 0.6) is 0 Å². The summed E-state index contributed by atoms with van der Waals surface area (Å²) in [6, 6.07) is 10.8. The van der Waals surface area contributed by atoms with Crippen LogP contribution < -0.4 is 5.73 Å². The summed E-state index contributed by atoms with van der Waals surface area (Å²) in [6.07, 6.45) is 7.36. The van der Waals surface area contributed by atoms with Crippen molar-refractivity contribution >= 4 is 5.91 Å². The summed E-state index contributed by atoms with van der Waals surface area (Å²) in [4.78, 5) is 22.2. The molecule has 7 heteroatoms. The lowest BCUT2D eigenvalue weighted by Crippen LogP contribution is -2.38. The number of aromatic nitrogens is 1. The number of amides is 1. The molecule has 2 aliphatic carbocycles. The van der Waals surface area contributed by atoms with Crippen LogP contribution in [-0.4, -0.2) is 84.4 Å². The van der Waals surface area contributed by atoms with Crippen molar-refractivity contribution < 1.29 is 14.6 Å². The Labute approximate surface area is 220 Å². The zero-order chi connectivity index (χ0) is 25.4. The van der Waals surface area contributed by atoms with Gasteiger partial charge in [-0.1, -0.05) is 24.3 Å². The average Bonchev–Trinajstić information content (AvgIpc) is 3.50. The molecule has 198 valence electrons. The first-order valence-corrected chi connectivity index (χ1v) is 14.1. The number of nitrogens with two attached hydrogens (primary N) is 1. The van der Waals surface area contributed by atoms with Gasteiger partial charge in [0.15, 0.2) is 0 Å². The first kappa shape index (κ1) is 25.0. The van der Waals surface area contributed by atoms with Gasteiger partial charge in [0.05, 0.1) is 30.6 Å². The minimum absolute atomic E-state index is 0.187. The highest BCUT2D eigenvalue weighted by molar-refractivity contribution is 5.95. The lowest BCUT2D eigenvalue weighted by atomic mass is 9.83. The van der Waals surface area contributed by atoms with Crippen LogP contribution >= 0.6 is 0 Å². The van der Waals surface area contributed by atoms with E-state index in [0.29, 0.717) is 11.0 Å². The predicted octanol–water partition coefficient (Wildman–Crippen LogP) is 3.16. The molecular formula is C30H40N4O3. The third-order valence-corrected chi connectivity index (χ3v) is 9.33. The highest BCUT2D eigenvalue weighted by Gasteiger charge is 2.60. The van der Waals surface area contributed by atoms with Crippen molar-refractivity contribution in [2.75, 3.05) is 52.5 Å². The number of piperidine rings is 1. The number of carbonyl (C=O) groups excluding carboxylic acids is 1. The second-order valence-corrected chi connectivity index (χ2v) is 11.7. The molecule has 0 bridgehead atoms. The van der Waals surface area contributed by atoms with E-state index in [0.717, 1.165) is 81.3 Å². The molecule has 2 unspecified atom stereocenters. The summed E-state index contributed by atoms with van der Waals surface area (Å²) >= 11 is 0. The molecule has 2 aliphatic heterocycles. The van der Waals surface area contributed by atoms with Crippen molar-refractivity contribution in [3.05, 3.63) is 53.3 Å². The first-order valence-electron chi connectivity index (χ1n) is 14.1. The average molecular weight is 505 g/mol. The molecule has 6 rings (SSSR count). The predicted molar refractivity (Wildman–Crippen MR) is 144 cm³/mol. The van der Waals surface area contributed by atoms with Gasteiger partial charge in [-0.15, -0.1) is 0 Å². The molecule has 0 radical (unpaired) electrons. The number of aliphatic hydroxyl groups excluding tert-OH is 1. The second-order valence-electron chi connectivity index (χ2n) is 11.7. The van der Waals surface area contributed by atoms with Gasteiger partial charge in [0.2, 0.25) is 0 Å². The van der Waals surface area contributed by atoms with E-state index in [1.165, 1.54) is 38.0 Å². The molecule has 1 aromatic heterocycles. The van der Waals surface area contributed by atoms with Gasteiger partial charge >= 0.3 is 0 Å². The lowest BCUT2D eigenvalue weighted by Gasteiger charge is -2.28. The standard InChI is InChI=1S/C30H40N4O3/c31-29(36)27-16-23(18-32-28(27)22-4-8-26(35)9-5-22)21-2-6-24(7-3-21)30-17-25(30)19-34(20-30)11-1-10-33-12-14-37-15-13-33/h2-3,6-7,16,18,22,25-26,35H,1,4-5,8-15,17,19-20H2,(H2,31,36). The van der Waals surface area contributed by atoms with Gasteiger partial charge < -0.3 is 20.5 Å². The zero-order valence-electron chi connectivity index (χ0n) is 21.8. The van der Waals surface area contributed by atoms with E-state index in [1.54, 1.807) is 0 Å². The first-order chi connectivity index (χ1) is 18.0. The van der Waals surface area contributed by atoms with E-state index in [2.05, 4.69) is 34.1 Å². The molecule has 1 amide bonds. The van der Waals surface area contributed by atoms with Gasteiger partial charge in [-0.05, 0) is 74.7 Å². The number of carbonyl (C=O) groups is 1. The number of aliphatic hydroxyl groups is 1. The Bertz CT molecular complexity index is 1110. The normalized spacial score (nSPS) is 30.2. The zero-order valence-corrected chi connectivity index (χ0v) is 21.8. The largest absolute Gasteiger partial charge is 0.393 e. The number of fused-ring (bicyclic) bond motifs is 1. The summed E-state index contributed by atoms with van der Waals surface area (Å²) in [5.41, 5.74) is 10.8. The van der Waals surface area contributed by atoms with Gasteiger partial charge in [0.25, 0.3) is 5.91 Å². The minimum atomic E-state index is -0.425. The summed E-state index contributed by atoms with van der Waals surface area (Å²) in [7, 11) is 0. The Morgan fingerprint density at radius 2 is 1.78 bits per heavy atom. The molecule has 4 fully saturated rings. The molecule has 2 atom stereocenters. The number of ether oxygens (including phenoxy) is 1. The fraction of sp³-hybridized carbons (Fsp3) is 0.600. The van der Waals surface area contributed by atoms with Gasteiger partial charge in [-0.3, -0.25) is 14.7 Å². The smallest absolute Gasteiger partial charge is 0.250 e. The Kier molecular flexibility index (Phi) is 7.05. The highest BCUT2D eigenvalue weighted by Crippen LogP contribution is 2.59. The SMILES string of the molecule is NC(=O)c1cc(-c2ccc(C34CC3CN(CCCN3CCOCC3)C4)cc2)cnc1C1CCC(O)CC1. The molecular weight excluding hydrogens is 464 g/mol. The molecule has 4 aliphatic rings. The fourth-order valence-electron chi connectivity index (χ4n) is 7.05. The molecule has 2 aromatic rings. The number of hydrogen-bond acceptors (Lipinski definition) is 6. The monoisotopic (exact) mass is 504 g/mol. The quantitative estimate of drug-likeness (QED) is 0.574. The van der Waals surface area contributed by atoms with Crippen molar-refractivity contribution in [2.45, 2.75) is 56.0 Å². The van der Waals surface area contributed by atoms with Crippen molar-refractivity contribution in [3.63, 3.8) is 0 Å². The van der Waals surface area contributed by atoms with Crippen molar-refractivity contribution in [1.29, 1.82) is 0 Å². The van der Waals surface area contributed by atoms with Crippen molar-refractivity contribution in [2.24, 2.45) is 11.7 Å². The third kappa shape index (κ3) is 5.19. The summed E-state index contributed by atoms with van der Waals surface area (Å²) < 4.78 is 5.46. The molecule has 37 heavy (non-hydrogen) atoms. The molecule has 2 saturated carbocycles. The summed E-state index contributed by atoms with van der Waals surface area (Å²) in [5.74, 6) is 0.539. The van der Waals surface area contributed by atoms with Gasteiger partial charge in [0, 0.05) is 49.3 Å². The van der Waals surface area contributed by atoms with Crippen LogP contribution in [0, 0.1) is 5.92 Å². The molecule has 3 N–H and O–H groups in total. The third-order valence-electron chi connectivity index (χ3n) is 9.33. The highest BCUT2D eigenvalue weighted by atomic mass is 16.5. The number of benzene rings is 1.